The summed E-state index contributed by atoms with van der Waals surface area (Å²) in [5, 5.41) is 8.64. The predicted molar refractivity (Wildman–Crippen MR) is 50.0 cm³/mol. The van der Waals surface area contributed by atoms with Gasteiger partial charge in [-0.2, -0.15) is 5.26 Å². The van der Waals surface area contributed by atoms with Gasteiger partial charge in [-0.15, -0.1) is 11.6 Å². The van der Waals surface area contributed by atoms with Crippen molar-refractivity contribution in [2.24, 2.45) is 0 Å². The molecule has 1 unspecified atom stereocenters. The maximum absolute atomic E-state index is 8.64. The van der Waals surface area contributed by atoms with Crippen molar-refractivity contribution < 1.29 is 0 Å². The molecule has 2 heteroatoms. The second-order valence-electron chi connectivity index (χ2n) is 2.73. The Morgan fingerprint density at radius 1 is 1.42 bits per heavy atom. The van der Waals surface area contributed by atoms with Crippen molar-refractivity contribution in [1.29, 1.82) is 5.26 Å². The van der Waals surface area contributed by atoms with E-state index in [9.17, 15) is 0 Å². The van der Waals surface area contributed by atoms with E-state index in [1.165, 1.54) is 0 Å². The van der Waals surface area contributed by atoms with Crippen LogP contribution >= 0.6 is 11.6 Å². The average Bonchev–Trinajstić information content (AvgIpc) is 2.17. The van der Waals surface area contributed by atoms with Gasteiger partial charge in [-0.3, -0.25) is 0 Å². The Kier molecular flexibility index (Phi) is 3.13. The van der Waals surface area contributed by atoms with E-state index in [2.05, 4.69) is 6.07 Å². The third kappa shape index (κ3) is 1.99. The van der Waals surface area contributed by atoms with Crippen LogP contribution in [-0.2, 0) is 5.88 Å². The zero-order valence-electron chi connectivity index (χ0n) is 6.92. The lowest BCUT2D eigenvalue weighted by Gasteiger charge is -2.02. The maximum Gasteiger partial charge on any atom is 0.0700 e. The van der Waals surface area contributed by atoms with E-state index in [0.29, 0.717) is 5.88 Å². The standard InChI is InChI=1S/C10H10ClN/c1-8(7-12)10-4-2-9(6-11)3-5-10/h2-5,8H,6H2,1H3. The van der Waals surface area contributed by atoms with Crippen molar-refractivity contribution in [2.45, 2.75) is 18.7 Å². The molecule has 0 bridgehead atoms. The first-order valence-electron chi connectivity index (χ1n) is 3.82. The normalized spacial score (nSPS) is 12.1. The highest BCUT2D eigenvalue weighted by atomic mass is 35.5. The van der Waals surface area contributed by atoms with Gasteiger partial charge in [-0.25, -0.2) is 0 Å². The molecule has 0 radical (unpaired) electrons. The molecular formula is C10H10ClN. The second kappa shape index (κ2) is 4.13. The molecule has 1 aromatic rings. The van der Waals surface area contributed by atoms with Crippen LogP contribution in [-0.4, -0.2) is 0 Å². The zero-order valence-corrected chi connectivity index (χ0v) is 7.67. The topological polar surface area (TPSA) is 23.8 Å². The van der Waals surface area contributed by atoms with Crippen LogP contribution in [0.15, 0.2) is 24.3 Å². The Balaban J connectivity index is 2.86. The van der Waals surface area contributed by atoms with E-state index >= 15 is 0 Å². The number of halogens is 1. The van der Waals surface area contributed by atoms with Crippen LogP contribution in [0.5, 0.6) is 0 Å². The molecule has 1 nitrogen and oxygen atoms in total. The molecule has 62 valence electrons. The number of hydrogen-bond acceptors (Lipinski definition) is 1. The van der Waals surface area contributed by atoms with Crippen LogP contribution in [0.1, 0.15) is 24.0 Å². The van der Waals surface area contributed by atoms with Gasteiger partial charge >= 0.3 is 0 Å². The SMILES string of the molecule is CC(C#N)c1ccc(CCl)cc1. The van der Waals surface area contributed by atoms with Crippen molar-refractivity contribution in [2.75, 3.05) is 0 Å². The van der Waals surface area contributed by atoms with Gasteiger partial charge in [-0.1, -0.05) is 24.3 Å². The van der Waals surface area contributed by atoms with E-state index in [0.717, 1.165) is 11.1 Å². The number of hydrogen-bond donors (Lipinski definition) is 0. The molecule has 1 aromatic carbocycles. The Morgan fingerprint density at radius 3 is 2.42 bits per heavy atom. The molecule has 0 aliphatic heterocycles. The van der Waals surface area contributed by atoms with Crippen molar-refractivity contribution in [3.63, 3.8) is 0 Å². The number of benzene rings is 1. The van der Waals surface area contributed by atoms with Crippen molar-refractivity contribution in [3.8, 4) is 6.07 Å². The van der Waals surface area contributed by atoms with Crippen molar-refractivity contribution in [1.82, 2.24) is 0 Å². The minimum atomic E-state index is -0.0330. The minimum absolute atomic E-state index is 0.0330. The third-order valence-corrected chi connectivity index (χ3v) is 2.14. The molecule has 0 saturated heterocycles. The van der Waals surface area contributed by atoms with Gasteiger partial charge in [0.15, 0.2) is 0 Å². The summed E-state index contributed by atoms with van der Waals surface area (Å²) in [5.41, 5.74) is 2.14. The lowest BCUT2D eigenvalue weighted by molar-refractivity contribution is 0.980. The summed E-state index contributed by atoms with van der Waals surface area (Å²) in [5.74, 6) is 0.496. The van der Waals surface area contributed by atoms with Crippen LogP contribution in [0.25, 0.3) is 0 Å². The largest absolute Gasteiger partial charge is 0.198 e. The first kappa shape index (κ1) is 9.09. The van der Waals surface area contributed by atoms with Gasteiger partial charge in [0.2, 0.25) is 0 Å². The fourth-order valence-corrected chi connectivity index (χ4v) is 1.15. The molecular weight excluding hydrogens is 170 g/mol. The van der Waals surface area contributed by atoms with E-state index in [1.807, 2.05) is 31.2 Å². The summed E-state index contributed by atoms with van der Waals surface area (Å²) in [7, 11) is 0. The lowest BCUT2D eigenvalue weighted by atomic mass is 10.0. The summed E-state index contributed by atoms with van der Waals surface area (Å²) < 4.78 is 0. The number of nitriles is 1. The van der Waals surface area contributed by atoms with Gasteiger partial charge in [0.05, 0.1) is 12.0 Å². The molecule has 1 atom stereocenters. The van der Waals surface area contributed by atoms with Gasteiger partial charge in [0.25, 0.3) is 0 Å². The molecule has 0 N–H and O–H groups in total. The van der Waals surface area contributed by atoms with Gasteiger partial charge < -0.3 is 0 Å². The lowest BCUT2D eigenvalue weighted by Crippen LogP contribution is -1.89. The van der Waals surface area contributed by atoms with Crippen LogP contribution < -0.4 is 0 Å². The minimum Gasteiger partial charge on any atom is -0.198 e. The number of alkyl halides is 1. The van der Waals surface area contributed by atoms with E-state index < -0.39 is 0 Å². The Labute approximate surface area is 77.6 Å². The molecule has 0 heterocycles. The Hall–Kier alpha value is -1.00. The molecule has 0 aromatic heterocycles. The fourth-order valence-electron chi connectivity index (χ4n) is 0.970. The fraction of sp³-hybridized carbons (Fsp3) is 0.300. The smallest absolute Gasteiger partial charge is 0.0700 e. The number of nitrogens with zero attached hydrogens (tertiary/aromatic N) is 1. The highest BCUT2D eigenvalue weighted by Gasteiger charge is 2.01. The summed E-state index contributed by atoms with van der Waals surface area (Å²) >= 11 is 5.63. The molecule has 0 saturated carbocycles. The first-order valence-corrected chi connectivity index (χ1v) is 4.36. The van der Waals surface area contributed by atoms with E-state index in [1.54, 1.807) is 0 Å². The van der Waals surface area contributed by atoms with Gasteiger partial charge in [0.1, 0.15) is 0 Å². The quantitative estimate of drug-likeness (QED) is 0.641. The molecule has 0 spiro atoms. The highest BCUT2D eigenvalue weighted by molar-refractivity contribution is 6.17. The third-order valence-electron chi connectivity index (χ3n) is 1.83. The van der Waals surface area contributed by atoms with Gasteiger partial charge in [0, 0.05) is 5.88 Å². The Morgan fingerprint density at radius 2 is 2.00 bits per heavy atom. The summed E-state index contributed by atoms with van der Waals surface area (Å²) in [4.78, 5) is 0. The summed E-state index contributed by atoms with van der Waals surface area (Å²) in [6, 6.07) is 9.99. The van der Waals surface area contributed by atoms with E-state index in [4.69, 9.17) is 16.9 Å². The van der Waals surface area contributed by atoms with Crippen LogP contribution in [0, 0.1) is 11.3 Å². The average molecular weight is 180 g/mol. The monoisotopic (exact) mass is 179 g/mol. The van der Waals surface area contributed by atoms with Crippen LogP contribution in [0.3, 0.4) is 0 Å². The van der Waals surface area contributed by atoms with Gasteiger partial charge in [-0.05, 0) is 18.1 Å². The maximum atomic E-state index is 8.64. The highest BCUT2D eigenvalue weighted by Crippen LogP contribution is 2.15. The zero-order chi connectivity index (χ0) is 8.97. The first-order chi connectivity index (χ1) is 5.77. The molecule has 0 amide bonds. The van der Waals surface area contributed by atoms with Crippen molar-refractivity contribution in [3.05, 3.63) is 35.4 Å². The molecule has 0 aliphatic rings. The molecule has 0 fully saturated rings. The van der Waals surface area contributed by atoms with Crippen LogP contribution in [0.2, 0.25) is 0 Å². The summed E-state index contributed by atoms with van der Waals surface area (Å²) in [6.45, 7) is 1.88. The second-order valence-corrected chi connectivity index (χ2v) is 2.99. The summed E-state index contributed by atoms with van der Waals surface area (Å²) in [6.07, 6.45) is 0. The molecule has 0 aliphatic carbocycles. The number of rotatable bonds is 2. The van der Waals surface area contributed by atoms with Crippen molar-refractivity contribution >= 4 is 11.6 Å². The Bertz CT molecular complexity index is 284. The molecule has 1 rings (SSSR count). The predicted octanol–water partition coefficient (Wildman–Crippen LogP) is 3.05. The van der Waals surface area contributed by atoms with Crippen LogP contribution in [0.4, 0.5) is 0 Å². The molecule has 12 heavy (non-hydrogen) atoms. The van der Waals surface area contributed by atoms with E-state index in [-0.39, 0.29) is 5.92 Å².